The lowest BCUT2D eigenvalue weighted by Crippen LogP contribution is -2.64. The summed E-state index contributed by atoms with van der Waals surface area (Å²) in [7, 11) is 0. The van der Waals surface area contributed by atoms with Gasteiger partial charge in [-0.3, -0.25) is 14.4 Å². The number of benzene rings is 1. The van der Waals surface area contributed by atoms with Gasteiger partial charge in [0, 0.05) is 25.6 Å². The Morgan fingerprint density at radius 1 is 1.13 bits per heavy atom. The van der Waals surface area contributed by atoms with Crippen LogP contribution in [0.25, 0.3) is 0 Å². The molecule has 170 valence electrons. The number of amides is 3. The molecule has 0 saturated carbocycles. The summed E-state index contributed by atoms with van der Waals surface area (Å²) in [5.41, 5.74) is 2.46. The molecule has 0 bridgehead atoms. The monoisotopic (exact) mass is 428 g/mol. The number of nitrogens with zero attached hydrogens (tertiary/aromatic N) is 1. The maximum absolute atomic E-state index is 13.4. The fourth-order valence-electron chi connectivity index (χ4n) is 4.39. The molecule has 1 fully saturated rings. The van der Waals surface area contributed by atoms with Crippen LogP contribution >= 0.6 is 0 Å². The normalized spacial score (nSPS) is 22.1. The molecule has 0 aromatic heterocycles. The Bertz CT molecular complexity index is 808. The van der Waals surface area contributed by atoms with E-state index >= 15 is 0 Å². The molecule has 1 aromatic carbocycles. The fraction of sp³-hybridized carbons (Fsp3) is 0.625. The SMILES string of the molecule is CC(C)C(=O)N[C@H](C(=O)N1CCNC[C@H]1C(=O)NC1CCCc2ccccc21)C(C)C. The maximum Gasteiger partial charge on any atom is 0.246 e. The summed E-state index contributed by atoms with van der Waals surface area (Å²) in [5.74, 6) is -0.752. The van der Waals surface area contributed by atoms with Gasteiger partial charge < -0.3 is 20.9 Å². The van der Waals surface area contributed by atoms with Crippen LogP contribution in [0.1, 0.15) is 57.7 Å². The van der Waals surface area contributed by atoms with Gasteiger partial charge in [-0.1, -0.05) is 52.0 Å². The minimum absolute atomic E-state index is 0.0298. The largest absolute Gasteiger partial charge is 0.347 e. The van der Waals surface area contributed by atoms with Crippen molar-refractivity contribution in [2.24, 2.45) is 11.8 Å². The first kappa shape index (κ1) is 23.3. The van der Waals surface area contributed by atoms with Crippen molar-refractivity contribution in [2.75, 3.05) is 19.6 Å². The lowest BCUT2D eigenvalue weighted by atomic mass is 9.87. The molecule has 1 aliphatic heterocycles. The zero-order valence-electron chi connectivity index (χ0n) is 19.1. The number of nitrogens with one attached hydrogen (secondary N) is 3. The van der Waals surface area contributed by atoms with Crippen LogP contribution in [0.3, 0.4) is 0 Å². The third-order valence-corrected chi connectivity index (χ3v) is 6.27. The maximum atomic E-state index is 13.4. The number of hydrogen-bond acceptors (Lipinski definition) is 4. The summed E-state index contributed by atoms with van der Waals surface area (Å²) >= 11 is 0. The van der Waals surface area contributed by atoms with Gasteiger partial charge in [0.15, 0.2) is 0 Å². The van der Waals surface area contributed by atoms with Gasteiger partial charge in [-0.05, 0) is 36.3 Å². The second kappa shape index (κ2) is 10.3. The highest BCUT2D eigenvalue weighted by atomic mass is 16.2. The fourth-order valence-corrected chi connectivity index (χ4v) is 4.39. The molecule has 0 spiro atoms. The van der Waals surface area contributed by atoms with Gasteiger partial charge in [0.2, 0.25) is 17.7 Å². The van der Waals surface area contributed by atoms with Crippen molar-refractivity contribution >= 4 is 17.7 Å². The second-order valence-corrected chi connectivity index (χ2v) is 9.29. The van der Waals surface area contributed by atoms with Crippen molar-refractivity contribution < 1.29 is 14.4 Å². The van der Waals surface area contributed by atoms with Crippen molar-refractivity contribution in [3.05, 3.63) is 35.4 Å². The molecule has 1 heterocycles. The highest BCUT2D eigenvalue weighted by Gasteiger charge is 2.38. The van der Waals surface area contributed by atoms with Crippen molar-refractivity contribution in [1.29, 1.82) is 0 Å². The average Bonchev–Trinajstić information content (AvgIpc) is 2.76. The van der Waals surface area contributed by atoms with Gasteiger partial charge in [-0.15, -0.1) is 0 Å². The number of carbonyl (C=O) groups excluding carboxylic acids is 3. The molecule has 3 N–H and O–H groups in total. The van der Waals surface area contributed by atoms with Crippen LogP contribution in [-0.2, 0) is 20.8 Å². The van der Waals surface area contributed by atoms with Gasteiger partial charge in [-0.2, -0.15) is 0 Å². The highest BCUT2D eigenvalue weighted by Crippen LogP contribution is 2.29. The molecule has 1 unspecified atom stereocenters. The second-order valence-electron chi connectivity index (χ2n) is 9.29. The Hall–Kier alpha value is -2.41. The van der Waals surface area contributed by atoms with E-state index in [1.807, 2.05) is 26.0 Å². The molecule has 1 saturated heterocycles. The first-order chi connectivity index (χ1) is 14.8. The summed E-state index contributed by atoms with van der Waals surface area (Å²) in [6, 6.07) is 6.98. The van der Waals surface area contributed by atoms with Crippen molar-refractivity contribution in [3.8, 4) is 0 Å². The molecule has 1 aromatic rings. The summed E-state index contributed by atoms with van der Waals surface area (Å²) in [6.45, 7) is 8.93. The van der Waals surface area contributed by atoms with E-state index in [1.54, 1.807) is 18.7 Å². The Kier molecular flexibility index (Phi) is 7.70. The van der Waals surface area contributed by atoms with Gasteiger partial charge in [0.05, 0.1) is 6.04 Å². The average molecular weight is 429 g/mol. The molecule has 31 heavy (non-hydrogen) atoms. The molecule has 7 nitrogen and oxygen atoms in total. The van der Waals surface area contributed by atoms with Crippen LogP contribution in [0.15, 0.2) is 24.3 Å². The van der Waals surface area contributed by atoms with Gasteiger partial charge in [0.25, 0.3) is 0 Å². The lowest BCUT2D eigenvalue weighted by molar-refractivity contribution is -0.145. The van der Waals surface area contributed by atoms with Crippen LogP contribution < -0.4 is 16.0 Å². The van der Waals surface area contributed by atoms with Crippen molar-refractivity contribution in [3.63, 3.8) is 0 Å². The first-order valence-corrected chi connectivity index (χ1v) is 11.5. The molecule has 1 aliphatic carbocycles. The summed E-state index contributed by atoms with van der Waals surface area (Å²) < 4.78 is 0. The smallest absolute Gasteiger partial charge is 0.246 e. The van der Waals surface area contributed by atoms with Gasteiger partial charge in [-0.25, -0.2) is 0 Å². The standard InChI is InChI=1S/C24H36N4O3/c1-15(2)21(27-22(29)16(3)4)24(31)28-13-12-25-14-20(28)23(30)26-19-11-7-9-17-8-5-6-10-18(17)19/h5-6,8,10,15-16,19-21,25H,7,9,11-14H2,1-4H3,(H,26,30)(H,27,29)/t19?,20-,21-/m0/s1. The lowest BCUT2D eigenvalue weighted by Gasteiger charge is -2.39. The van der Waals surface area contributed by atoms with Crippen molar-refractivity contribution in [1.82, 2.24) is 20.9 Å². The topological polar surface area (TPSA) is 90.5 Å². The number of piperazine rings is 1. The Balaban J connectivity index is 1.74. The number of carbonyl (C=O) groups is 3. The molecular formula is C24H36N4O3. The highest BCUT2D eigenvalue weighted by molar-refractivity contribution is 5.93. The summed E-state index contributed by atoms with van der Waals surface area (Å²) in [5, 5.41) is 9.32. The zero-order valence-corrected chi connectivity index (χ0v) is 19.1. The van der Waals surface area contributed by atoms with Crippen LogP contribution in [0.2, 0.25) is 0 Å². The summed E-state index contributed by atoms with van der Waals surface area (Å²) in [6.07, 6.45) is 2.96. The molecule has 7 heteroatoms. The van der Waals surface area contributed by atoms with E-state index in [1.165, 1.54) is 11.1 Å². The Morgan fingerprint density at radius 2 is 1.87 bits per heavy atom. The van der Waals surface area contributed by atoms with E-state index in [0.29, 0.717) is 19.6 Å². The van der Waals surface area contributed by atoms with Crippen LogP contribution in [0.4, 0.5) is 0 Å². The molecular weight excluding hydrogens is 392 g/mol. The number of hydrogen-bond donors (Lipinski definition) is 3. The quantitative estimate of drug-likeness (QED) is 0.644. The Labute approximate surface area is 185 Å². The van der Waals surface area contributed by atoms with Crippen LogP contribution in [-0.4, -0.2) is 54.3 Å². The third kappa shape index (κ3) is 5.45. The van der Waals surface area contributed by atoms with Gasteiger partial charge >= 0.3 is 0 Å². The van der Waals surface area contributed by atoms with E-state index in [9.17, 15) is 14.4 Å². The summed E-state index contributed by atoms with van der Waals surface area (Å²) in [4.78, 5) is 40.6. The number of aryl methyl sites for hydroxylation is 1. The zero-order chi connectivity index (χ0) is 22.5. The minimum Gasteiger partial charge on any atom is -0.347 e. The Morgan fingerprint density at radius 3 is 2.58 bits per heavy atom. The molecule has 3 rings (SSSR count). The van der Waals surface area contributed by atoms with E-state index < -0.39 is 12.1 Å². The predicted octanol–water partition coefficient (Wildman–Crippen LogP) is 1.78. The number of fused-ring (bicyclic) bond motifs is 1. The predicted molar refractivity (Wildman–Crippen MR) is 120 cm³/mol. The first-order valence-electron chi connectivity index (χ1n) is 11.5. The van der Waals surface area contributed by atoms with E-state index in [0.717, 1.165) is 19.3 Å². The van der Waals surface area contributed by atoms with Crippen LogP contribution in [0.5, 0.6) is 0 Å². The van der Waals surface area contributed by atoms with E-state index in [4.69, 9.17) is 0 Å². The number of rotatable bonds is 6. The molecule has 3 atom stereocenters. The van der Waals surface area contributed by atoms with Gasteiger partial charge in [0.1, 0.15) is 12.1 Å². The van der Waals surface area contributed by atoms with Crippen LogP contribution in [0, 0.1) is 11.8 Å². The molecule has 0 radical (unpaired) electrons. The minimum atomic E-state index is -0.640. The molecule has 2 aliphatic rings. The van der Waals surface area contributed by atoms with E-state index in [2.05, 4.69) is 28.1 Å². The third-order valence-electron chi connectivity index (χ3n) is 6.27. The van der Waals surface area contributed by atoms with E-state index in [-0.39, 0.29) is 35.6 Å². The molecule has 3 amide bonds. The van der Waals surface area contributed by atoms with Crippen molar-refractivity contribution in [2.45, 2.75) is 65.1 Å².